The van der Waals surface area contributed by atoms with Gasteiger partial charge in [0.15, 0.2) is 0 Å². The molecular formula is C6H12ClNO3. The number of hydrogen-bond donors (Lipinski definition) is 2. The SMILES string of the molecule is COC(=O)[C@H]1NCC[C@@H]1O.Cl. The van der Waals surface area contributed by atoms with Gasteiger partial charge in [0.25, 0.3) is 0 Å². The lowest BCUT2D eigenvalue weighted by Crippen LogP contribution is -2.39. The number of aliphatic hydroxyl groups is 1. The lowest BCUT2D eigenvalue weighted by Gasteiger charge is -2.10. The number of nitrogens with one attached hydrogen (secondary N) is 1. The van der Waals surface area contributed by atoms with Crippen molar-refractivity contribution >= 4 is 18.4 Å². The maximum absolute atomic E-state index is 10.8. The first-order valence-corrected chi connectivity index (χ1v) is 3.25. The van der Waals surface area contributed by atoms with E-state index in [4.69, 9.17) is 5.11 Å². The molecule has 2 N–H and O–H groups in total. The van der Waals surface area contributed by atoms with E-state index in [1.807, 2.05) is 0 Å². The Kier molecular flexibility index (Phi) is 4.40. The summed E-state index contributed by atoms with van der Waals surface area (Å²) in [7, 11) is 1.31. The Balaban J connectivity index is 0.000001000. The molecule has 4 nitrogen and oxygen atoms in total. The van der Waals surface area contributed by atoms with Gasteiger partial charge < -0.3 is 15.2 Å². The van der Waals surface area contributed by atoms with E-state index in [0.29, 0.717) is 13.0 Å². The largest absolute Gasteiger partial charge is 0.468 e. The highest BCUT2D eigenvalue weighted by molar-refractivity contribution is 5.85. The smallest absolute Gasteiger partial charge is 0.325 e. The average molecular weight is 182 g/mol. The Morgan fingerprint density at radius 3 is 2.73 bits per heavy atom. The van der Waals surface area contributed by atoms with Gasteiger partial charge in [0, 0.05) is 0 Å². The highest BCUT2D eigenvalue weighted by Crippen LogP contribution is 2.07. The van der Waals surface area contributed by atoms with E-state index in [1.54, 1.807) is 0 Å². The van der Waals surface area contributed by atoms with Crippen molar-refractivity contribution in [2.45, 2.75) is 18.6 Å². The molecule has 1 saturated heterocycles. The topological polar surface area (TPSA) is 58.6 Å². The van der Waals surface area contributed by atoms with Crippen LogP contribution in [0.3, 0.4) is 0 Å². The minimum atomic E-state index is -0.576. The molecule has 0 unspecified atom stereocenters. The molecule has 0 aromatic carbocycles. The normalized spacial score (nSPS) is 29.3. The number of carbonyl (C=O) groups is 1. The fraction of sp³-hybridized carbons (Fsp3) is 0.833. The molecule has 0 aromatic rings. The second-order valence-corrected chi connectivity index (χ2v) is 2.31. The van der Waals surface area contributed by atoms with Gasteiger partial charge >= 0.3 is 5.97 Å². The zero-order chi connectivity index (χ0) is 7.56. The van der Waals surface area contributed by atoms with Gasteiger partial charge in [-0.3, -0.25) is 4.79 Å². The molecule has 1 fully saturated rings. The molecule has 0 aliphatic carbocycles. The Hall–Kier alpha value is -0.320. The molecule has 0 spiro atoms. The van der Waals surface area contributed by atoms with Gasteiger partial charge in [-0.25, -0.2) is 0 Å². The van der Waals surface area contributed by atoms with E-state index in [-0.39, 0.29) is 18.4 Å². The molecule has 0 bridgehead atoms. The number of halogens is 1. The number of methoxy groups -OCH3 is 1. The van der Waals surface area contributed by atoms with Crippen LogP contribution in [0.25, 0.3) is 0 Å². The number of aliphatic hydroxyl groups excluding tert-OH is 1. The molecule has 1 heterocycles. The number of esters is 1. The van der Waals surface area contributed by atoms with E-state index in [0.717, 1.165) is 0 Å². The molecule has 2 atom stereocenters. The maximum Gasteiger partial charge on any atom is 0.325 e. The summed E-state index contributed by atoms with van der Waals surface area (Å²) in [5.74, 6) is -0.384. The van der Waals surface area contributed by atoms with Gasteiger partial charge in [0.1, 0.15) is 6.04 Å². The van der Waals surface area contributed by atoms with Crippen molar-refractivity contribution in [2.24, 2.45) is 0 Å². The van der Waals surface area contributed by atoms with Crippen LogP contribution in [-0.2, 0) is 9.53 Å². The van der Waals surface area contributed by atoms with Gasteiger partial charge in [-0.15, -0.1) is 12.4 Å². The van der Waals surface area contributed by atoms with Gasteiger partial charge in [0.05, 0.1) is 13.2 Å². The van der Waals surface area contributed by atoms with Gasteiger partial charge in [-0.1, -0.05) is 0 Å². The summed E-state index contributed by atoms with van der Waals surface area (Å²) < 4.78 is 4.44. The second kappa shape index (κ2) is 4.54. The third-order valence-corrected chi connectivity index (χ3v) is 1.64. The van der Waals surface area contributed by atoms with Crippen molar-refractivity contribution < 1.29 is 14.6 Å². The van der Waals surface area contributed by atoms with Crippen LogP contribution in [0, 0.1) is 0 Å². The van der Waals surface area contributed by atoms with Crippen LogP contribution in [0.2, 0.25) is 0 Å². The number of carbonyl (C=O) groups excluding carboxylic acids is 1. The van der Waals surface area contributed by atoms with E-state index in [2.05, 4.69) is 10.1 Å². The van der Waals surface area contributed by atoms with Crippen LogP contribution in [-0.4, -0.2) is 36.9 Å². The first-order valence-electron chi connectivity index (χ1n) is 3.25. The minimum Gasteiger partial charge on any atom is -0.468 e. The lowest BCUT2D eigenvalue weighted by atomic mass is 10.2. The molecule has 0 aromatic heterocycles. The zero-order valence-corrected chi connectivity index (χ0v) is 7.06. The Morgan fingerprint density at radius 2 is 2.36 bits per heavy atom. The molecule has 0 saturated carbocycles. The summed E-state index contributed by atoms with van der Waals surface area (Å²) in [4.78, 5) is 10.8. The zero-order valence-electron chi connectivity index (χ0n) is 6.24. The lowest BCUT2D eigenvalue weighted by molar-refractivity contribution is -0.144. The molecule has 1 aliphatic rings. The third kappa shape index (κ3) is 2.32. The van der Waals surface area contributed by atoms with Crippen LogP contribution in [0.4, 0.5) is 0 Å². The highest BCUT2D eigenvalue weighted by Gasteiger charge is 2.31. The maximum atomic E-state index is 10.8. The van der Waals surface area contributed by atoms with Crippen molar-refractivity contribution in [3.8, 4) is 0 Å². The molecule has 0 amide bonds. The monoisotopic (exact) mass is 181 g/mol. The molecule has 5 heteroatoms. The van der Waals surface area contributed by atoms with Gasteiger partial charge in [-0.05, 0) is 13.0 Å². The van der Waals surface area contributed by atoms with E-state index in [1.165, 1.54) is 7.11 Å². The van der Waals surface area contributed by atoms with Crippen molar-refractivity contribution in [1.82, 2.24) is 5.32 Å². The Labute approximate surface area is 71.3 Å². The summed E-state index contributed by atoms with van der Waals surface area (Å²) in [6.45, 7) is 0.681. The summed E-state index contributed by atoms with van der Waals surface area (Å²) in [6.07, 6.45) is 0.0483. The summed E-state index contributed by atoms with van der Waals surface area (Å²) >= 11 is 0. The first-order chi connectivity index (χ1) is 4.75. The van der Waals surface area contributed by atoms with E-state index < -0.39 is 12.1 Å². The molecule has 0 radical (unpaired) electrons. The predicted octanol–water partition coefficient (Wildman–Crippen LogP) is -0.696. The number of rotatable bonds is 1. The highest BCUT2D eigenvalue weighted by atomic mass is 35.5. The Bertz CT molecular complexity index is 142. The molecular weight excluding hydrogens is 170 g/mol. The van der Waals surface area contributed by atoms with Gasteiger partial charge in [0.2, 0.25) is 0 Å². The average Bonchev–Trinajstić information content (AvgIpc) is 2.34. The summed E-state index contributed by atoms with van der Waals surface area (Å²) in [6, 6.07) is -0.509. The van der Waals surface area contributed by atoms with Crippen molar-refractivity contribution in [1.29, 1.82) is 0 Å². The van der Waals surface area contributed by atoms with E-state index in [9.17, 15) is 4.79 Å². The molecule has 1 aliphatic heterocycles. The Morgan fingerprint density at radius 1 is 1.73 bits per heavy atom. The van der Waals surface area contributed by atoms with Crippen LogP contribution in [0.15, 0.2) is 0 Å². The molecule has 11 heavy (non-hydrogen) atoms. The molecule has 1 rings (SSSR count). The second-order valence-electron chi connectivity index (χ2n) is 2.31. The van der Waals surface area contributed by atoms with Crippen LogP contribution in [0.1, 0.15) is 6.42 Å². The van der Waals surface area contributed by atoms with Gasteiger partial charge in [-0.2, -0.15) is 0 Å². The van der Waals surface area contributed by atoms with Crippen LogP contribution in [0.5, 0.6) is 0 Å². The fourth-order valence-electron chi connectivity index (χ4n) is 1.06. The quantitative estimate of drug-likeness (QED) is 0.526. The predicted molar refractivity (Wildman–Crippen MR) is 41.7 cm³/mol. The summed E-state index contributed by atoms with van der Waals surface area (Å²) in [5.41, 5.74) is 0. The van der Waals surface area contributed by atoms with Crippen molar-refractivity contribution in [2.75, 3.05) is 13.7 Å². The number of ether oxygens (including phenoxy) is 1. The van der Waals surface area contributed by atoms with Crippen molar-refractivity contribution in [3.63, 3.8) is 0 Å². The van der Waals surface area contributed by atoms with Crippen LogP contribution < -0.4 is 5.32 Å². The fourth-order valence-corrected chi connectivity index (χ4v) is 1.06. The van der Waals surface area contributed by atoms with E-state index >= 15 is 0 Å². The standard InChI is InChI=1S/C6H11NO3.ClH/c1-10-6(9)5-4(8)2-3-7-5;/h4-5,7-8H,2-3H2,1H3;1H/t4-,5-;/m0./s1. The van der Waals surface area contributed by atoms with Crippen LogP contribution >= 0.6 is 12.4 Å². The third-order valence-electron chi connectivity index (χ3n) is 1.64. The first kappa shape index (κ1) is 10.7. The minimum absolute atomic E-state index is 0. The number of hydrogen-bond acceptors (Lipinski definition) is 4. The van der Waals surface area contributed by atoms with Crippen molar-refractivity contribution in [3.05, 3.63) is 0 Å². The molecule has 66 valence electrons. The summed E-state index contributed by atoms with van der Waals surface area (Å²) in [5, 5.41) is 12.0.